The molecule has 1 saturated carbocycles. The van der Waals surface area contributed by atoms with Crippen LogP contribution < -0.4 is 0 Å². The number of nitro benzene ring substituents is 1. The fraction of sp³-hybridized carbons (Fsp3) is 0.550. The molecule has 0 N–H and O–H groups in total. The molecular formula is C20H29N3O3. The van der Waals surface area contributed by atoms with Gasteiger partial charge in [-0.2, -0.15) is 0 Å². The molecule has 26 heavy (non-hydrogen) atoms. The largest absolute Gasteiger partial charge is 0.338 e. The number of amides is 1. The number of likely N-dealkylation sites (N-methyl/N-ethyl adjacent to an activating group) is 1. The van der Waals surface area contributed by atoms with Gasteiger partial charge in [0.15, 0.2) is 0 Å². The van der Waals surface area contributed by atoms with E-state index in [0.717, 1.165) is 13.1 Å². The molecule has 2 rings (SSSR count). The van der Waals surface area contributed by atoms with Crippen molar-refractivity contribution in [1.29, 1.82) is 0 Å². The van der Waals surface area contributed by atoms with E-state index in [1.165, 1.54) is 50.3 Å². The molecule has 1 aliphatic rings. The van der Waals surface area contributed by atoms with Gasteiger partial charge in [0.25, 0.3) is 5.69 Å². The van der Waals surface area contributed by atoms with E-state index in [2.05, 4.69) is 4.90 Å². The summed E-state index contributed by atoms with van der Waals surface area (Å²) < 4.78 is 0. The van der Waals surface area contributed by atoms with Crippen LogP contribution in [0.3, 0.4) is 0 Å². The van der Waals surface area contributed by atoms with Crippen LogP contribution in [-0.4, -0.2) is 54.4 Å². The first-order valence-corrected chi connectivity index (χ1v) is 9.32. The molecule has 6 heteroatoms. The Kier molecular flexibility index (Phi) is 7.78. The van der Waals surface area contributed by atoms with Gasteiger partial charge in [-0.15, -0.1) is 0 Å². The lowest BCUT2D eigenvalue weighted by Gasteiger charge is -2.30. The van der Waals surface area contributed by atoms with E-state index >= 15 is 0 Å². The molecule has 1 aromatic rings. The number of carbonyl (C=O) groups excluding carboxylic acids is 1. The van der Waals surface area contributed by atoms with Crippen molar-refractivity contribution in [3.8, 4) is 0 Å². The Balaban J connectivity index is 2.03. The summed E-state index contributed by atoms with van der Waals surface area (Å²) in [5, 5.41) is 10.9. The minimum absolute atomic E-state index is 0.0241. The SMILES string of the molecule is CN(C)CCN(CC1CCCCC1)C(=O)/C=C\c1cccc([N+](=O)[O-])c1. The zero-order chi connectivity index (χ0) is 18.9. The number of non-ortho nitro benzene ring substituents is 1. The summed E-state index contributed by atoms with van der Waals surface area (Å²) in [7, 11) is 4.00. The van der Waals surface area contributed by atoms with E-state index < -0.39 is 4.92 Å². The molecule has 0 aromatic heterocycles. The smallest absolute Gasteiger partial charge is 0.270 e. The van der Waals surface area contributed by atoms with Crippen molar-refractivity contribution in [3.05, 3.63) is 46.0 Å². The molecule has 1 aromatic carbocycles. The van der Waals surface area contributed by atoms with Crippen molar-refractivity contribution in [2.24, 2.45) is 5.92 Å². The molecule has 1 aliphatic carbocycles. The number of benzene rings is 1. The summed E-state index contributed by atoms with van der Waals surface area (Å²) in [5.74, 6) is 0.560. The van der Waals surface area contributed by atoms with Crippen molar-refractivity contribution >= 4 is 17.7 Å². The summed E-state index contributed by atoms with van der Waals surface area (Å²) in [4.78, 5) is 27.2. The Hall–Kier alpha value is -2.21. The van der Waals surface area contributed by atoms with Crippen molar-refractivity contribution in [2.75, 3.05) is 33.7 Å². The van der Waals surface area contributed by atoms with Gasteiger partial charge in [0.1, 0.15) is 0 Å². The Bertz CT molecular complexity index is 637. The zero-order valence-electron chi connectivity index (χ0n) is 15.8. The van der Waals surface area contributed by atoms with Gasteiger partial charge in [-0.3, -0.25) is 14.9 Å². The second-order valence-corrected chi connectivity index (χ2v) is 7.28. The van der Waals surface area contributed by atoms with Gasteiger partial charge in [0.2, 0.25) is 5.91 Å². The lowest BCUT2D eigenvalue weighted by molar-refractivity contribution is -0.384. The third-order valence-electron chi connectivity index (χ3n) is 4.83. The van der Waals surface area contributed by atoms with Crippen LogP contribution in [0, 0.1) is 16.0 Å². The normalized spacial score (nSPS) is 15.5. The lowest BCUT2D eigenvalue weighted by atomic mass is 9.89. The molecule has 142 valence electrons. The maximum Gasteiger partial charge on any atom is 0.270 e. The maximum absolute atomic E-state index is 12.7. The molecule has 0 atom stereocenters. The van der Waals surface area contributed by atoms with Gasteiger partial charge < -0.3 is 9.80 Å². The van der Waals surface area contributed by atoms with Gasteiger partial charge in [-0.05, 0) is 44.5 Å². The summed E-state index contributed by atoms with van der Waals surface area (Å²) in [6.07, 6.45) is 9.40. The third-order valence-corrected chi connectivity index (χ3v) is 4.83. The van der Waals surface area contributed by atoms with E-state index in [4.69, 9.17) is 0 Å². The molecular weight excluding hydrogens is 330 g/mol. The Labute approximate surface area is 155 Å². The highest BCUT2D eigenvalue weighted by Gasteiger charge is 2.19. The first-order valence-electron chi connectivity index (χ1n) is 9.32. The Morgan fingerprint density at radius 3 is 2.62 bits per heavy atom. The van der Waals surface area contributed by atoms with E-state index in [1.807, 2.05) is 19.0 Å². The summed E-state index contributed by atoms with van der Waals surface area (Å²) in [6.45, 7) is 2.32. The van der Waals surface area contributed by atoms with E-state index in [-0.39, 0.29) is 11.6 Å². The molecule has 0 spiro atoms. The van der Waals surface area contributed by atoms with E-state index in [9.17, 15) is 14.9 Å². The summed E-state index contributed by atoms with van der Waals surface area (Å²) in [6, 6.07) is 6.33. The second-order valence-electron chi connectivity index (χ2n) is 7.28. The number of hydrogen-bond acceptors (Lipinski definition) is 4. The first kappa shape index (κ1) is 20.1. The second kappa shape index (κ2) is 10.1. The highest BCUT2D eigenvalue weighted by molar-refractivity contribution is 5.91. The topological polar surface area (TPSA) is 66.7 Å². The first-order chi connectivity index (χ1) is 12.5. The van der Waals surface area contributed by atoms with Gasteiger partial charge >= 0.3 is 0 Å². The van der Waals surface area contributed by atoms with Crippen molar-refractivity contribution in [1.82, 2.24) is 9.80 Å². The highest BCUT2D eigenvalue weighted by Crippen LogP contribution is 2.24. The molecule has 6 nitrogen and oxygen atoms in total. The fourth-order valence-corrected chi connectivity index (χ4v) is 3.31. The average molecular weight is 359 g/mol. The van der Waals surface area contributed by atoms with E-state index in [1.54, 1.807) is 18.2 Å². The number of rotatable bonds is 8. The summed E-state index contributed by atoms with van der Waals surface area (Å²) >= 11 is 0. The maximum atomic E-state index is 12.7. The molecule has 0 bridgehead atoms. The molecule has 1 fully saturated rings. The van der Waals surface area contributed by atoms with Crippen LogP contribution in [0.4, 0.5) is 5.69 Å². The quantitative estimate of drug-likeness (QED) is 0.404. The molecule has 0 saturated heterocycles. The number of carbonyl (C=O) groups is 1. The number of nitro groups is 1. The van der Waals surface area contributed by atoms with E-state index in [0.29, 0.717) is 18.0 Å². The predicted molar refractivity (Wildman–Crippen MR) is 104 cm³/mol. The average Bonchev–Trinajstić information content (AvgIpc) is 2.64. The van der Waals surface area contributed by atoms with Gasteiger partial charge in [0, 0.05) is 37.8 Å². The highest BCUT2D eigenvalue weighted by atomic mass is 16.6. The van der Waals surface area contributed by atoms with Crippen LogP contribution in [-0.2, 0) is 4.79 Å². The van der Waals surface area contributed by atoms with Crippen molar-refractivity contribution < 1.29 is 9.72 Å². The standard InChI is InChI=1S/C20H29N3O3/c1-21(2)13-14-22(16-18-7-4-3-5-8-18)20(24)12-11-17-9-6-10-19(15-17)23(25)26/h6,9-12,15,18H,3-5,7-8,13-14,16H2,1-2H3/b12-11-. The Morgan fingerprint density at radius 2 is 1.96 bits per heavy atom. The number of nitrogens with zero attached hydrogens (tertiary/aromatic N) is 3. The molecule has 0 unspecified atom stereocenters. The number of hydrogen-bond donors (Lipinski definition) is 0. The molecule has 0 heterocycles. The van der Waals surface area contributed by atoms with Crippen LogP contribution in [0.25, 0.3) is 6.08 Å². The van der Waals surface area contributed by atoms with Crippen LogP contribution in [0.15, 0.2) is 30.3 Å². The van der Waals surface area contributed by atoms with Gasteiger partial charge in [0.05, 0.1) is 4.92 Å². The molecule has 0 aliphatic heterocycles. The zero-order valence-corrected chi connectivity index (χ0v) is 15.8. The van der Waals surface area contributed by atoms with Crippen LogP contribution in [0.2, 0.25) is 0 Å². The van der Waals surface area contributed by atoms with Gasteiger partial charge in [-0.1, -0.05) is 31.4 Å². The summed E-state index contributed by atoms with van der Waals surface area (Å²) in [5.41, 5.74) is 0.698. The van der Waals surface area contributed by atoms with Crippen molar-refractivity contribution in [3.63, 3.8) is 0 Å². The predicted octanol–water partition coefficient (Wildman–Crippen LogP) is 3.58. The Morgan fingerprint density at radius 1 is 1.23 bits per heavy atom. The van der Waals surface area contributed by atoms with Crippen LogP contribution in [0.5, 0.6) is 0 Å². The van der Waals surface area contributed by atoms with Crippen molar-refractivity contribution in [2.45, 2.75) is 32.1 Å². The minimum Gasteiger partial charge on any atom is -0.338 e. The fourth-order valence-electron chi connectivity index (χ4n) is 3.31. The minimum atomic E-state index is -0.425. The molecule has 0 radical (unpaired) electrons. The van der Waals surface area contributed by atoms with Gasteiger partial charge in [-0.25, -0.2) is 0 Å². The van der Waals surface area contributed by atoms with Crippen LogP contribution >= 0.6 is 0 Å². The van der Waals surface area contributed by atoms with Crippen LogP contribution in [0.1, 0.15) is 37.7 Å². The lowest BCUT2D eigenvalue weighted by Crippen LogP contribution is -2.39. The molecule has 1 amide bonds. The third kappa shape index (κ3) is 6.59. The monoisotopic (exact) mass is 359 g/mol.